The molecule has 30 heavy (non-hydrogen) atoms. The van der Waals surface area contributed by atoms with Crippen LogP contribution >= 0.6 is 23.1 Å². The van der Waals surface area contributed by atoms with Gasteiger partial charge in [-0.25, -0.2) is 4.98 Å². The molecular formula is C23H20N4OS2. The molecule has 0 fully saturated rings. The van der Waals surface area contributed by atoms with Gasteiger partial charge in [-0.2, -0.15) is 0 Å². The van der Waals surface area contributed by atoms with E-state index in [-0.39, 0.29) is 0 Å². The van der Waals surface area contributed by atoms with Crippen molar-refractivity contribution < 1.29 is 4.74 Å². The molecule has 5 rings (SSSR count). The van der Waals surface area contributed by atoms with E-state index in [1.807, 2.05) is 24.3 Å². The van der Waals surface area contributed by atoms with Gasteiger partial charge < -0.3 is 4.74 Å². The van der Waals surface area contributed by atoms with E-state index in [0.29, 0.717) is 6.61 Å². The Labute approximate surface area is 182 Å². The molecule has 0 atom stereocenters. The van der Waals surface area contributed by atoms with Crippen LogP contribution in [0, 0.1) is 13.8 Å². The van der Waals surface area contributed by atoms with E-state index in [0.717, 1.165) is 38.5 Å². The summed E-state index contributed by atoms with van der Waals surface area (Å²) in [6.07, 6.45) is 0. The van der Waals surface area contributed by atoms with E-state index in [2.05, 4.69) is 64.2 Å². The van der Waals surface area contributed by atoms with Gasteiger partial charge in [-0.1, -0.05) is 47.7 Å². The first kappa shape index (κ1) is 19.1. The molecule has 0 aliphatic heterocycles. The maximum Gasteiger partial charge on any atom is 0.196 e. The summed E-state index contributed by atoms with van der Waals surface area (Å²) >= 11 is 3.28. The minimum atomic E-state index is 0.482. The number of fused-ring (bicyclic) bond motifs is 3. The lowest BCUT2D eigenvalue weighted by Crippen LogP contribution is -1.96. The van der Waals surface area contributed by atoms with E-state index in [9.17, 15) is 0 Å². The number of pyridine rings is 1. The monoisotopic (exact) mass is 432 g/mol. The zero-order chi connectivity index (χ0) is 20.5. The first-order chi connectivity index (χ1) is 14.7. The smallest absolute Gasteiger partial charge is 0.196 e. The van der Waals surface area contributed by atoms with Crippen molar-refractivity contribution in [2.24, 2.45) is 0 Å². The summed E-state index contributed by atoms with van der Waals surface area (Å²) in [4.78, 5) is 4.71. The molecule has 3 heterocycles. The fourth-order valence-corrected chi connectivity index (χ4v) is 5.02. The van der Waals surface area contributed by atoms with Crippen LogP contribution in [-0.2, 0) is 12.4 Å². The predicted octanol–water partition coefficient (Wildman–Crippen LogP) is 5.83. The van der Waals surface area contributed by atoms with Crippen LogP contribution in [0.4, 0.5) is 0 Å². The molecule has 0 aliphatic rings. The number of hydrogen-bond acceptors (Lipinski definition) is 6. The van der Waals surface area contributed by atoms with Gasteiger partial charge in [0.25, 0.3) is 0 Å². The number of aromatic nitrogens is 4. The quantitative estimate of drug-likeness (QED) is 0.316. The van der Waals surface area contributed by atoms with E-state index >= 15 is 0 Å². The highest BCUT2D eigenvalue weighted by molar-refractivity contribution is 7.98. The molecule has 0 bridgehead atoms. The number of para-hydroxylation sites is 1. The van der Waals surface area contributed by atoms with Gasteiger partial charge in [-0.3, -0.25) is 4.40 Å². The minimum Gasteiger partial charge on any atom is -0.486 e. The largest absolute Gasteiger partial charge is 0.486 e. The average Bonchev–Trinajstić information content (AvgIpc) is 3.39. The van der Waals surface area contributed by atoms with Gasteiger partial charge in [0.1, 0.15) is 17.4 Å². The van der Waals surface area contributed by atoms with Crippen molar-refractivity contribution in [2.75, 3.05) is 0 Å². The van der Waals surface area contributed by atoms with Crippen molar-refractivity contribution in [1.29, 1.82) is 0 Å². The Morgan fingerprint density at radius 1 is 1.03 bits per heavy atom. The third-order valence-corrected chi connectivity index (χ3v) is 6.74. The van der Waals surface area contributed by atoms with Crippen LogP contribution in [0.3, 0.4) is 0 Å². The van der Waals surface area contributed by atoms with Crippen LogP contribution in [0.5, 0.6) is 5.75 Å². The number of aryl methyl sites for hydroxylation is 2. The van der Waals surface area contributed by atoms with Crippen molar-refractivity contribution in [3.05, 3.63) is 81.8 Å². The normalized spacial score (nSPS) is 11.4. The zero-order valence-corrected chi connectivity index (χ0v) is 18.3. The van der Waals surface area contributed by atoms with Crippen LogP contribution < -0.4 is 4.74 Å². The third-order valence-electron chi connectivity index (χ3n) is 4.91. The number of rotatable bonds is 6. The first-order valence-electron chi connectivity index (χ1n) is 9.66. The Morgan fingerprint density at radius 2 is 1.87 bits per heavy atom. The van der Waals surface area contributed by atoms with Crippen LogP contribution in [-0.4, -0.2) is 19.6 Å². The Bertz CT molecular complexity index is 1320. The Kier molecular flexibility index (Phi) is 5.14. The van der Waals surface area contributed by atoms with Gasteiger partial charge in [0.15, 0.2) is 10.8 Å². The van der Waals surface area contributed by atoms with Crippen molar-refractivity contribution in [3.8, 4) is 5.75 Å². The molecule has 0 saturated heterocycles. The third kappa shape index (κ3) is 3.78. The van der Waals surface area contributed by atoms with Gasteiger partial charge in [-0.05, 0) is 43.7 Å². The van der Waals surface area contributed by atoms with E-state index in [1.165, 1.54) is 16.5 Å². The highest BCUT2D eigenvalue weighted by Gasteiger charge is 2.12. The minimum absolute atomic E-state index is 0.482. The number of thiazole rings is 1. The van der Waals surface area contributed by atoms with Gasteiger partial charge in [0.05, 0.1) is 11.2 Å². The second-order valence-corrected chi connectivity index (χ2v) is 9.03. The molecule has 2 aromatic carbocycles. The number of thioether (sulfide) groups is 1. The fraction of sp³-hybridized carbons (Fsp3) is 0.174. The second-order valence-electron chi connectivity index (χ2n) is 7.14. The molecule has 3 aromatic heterocycles. The standard InChI is InChI=1S/C23H20N4OS2/c1-15-7-9-18(10-8-15)28-12-22-24-17(13-29-22)14-30-23-26-25-21-11-16(2)19-5-3-4-6-20(19)27(21)23/h3-11,13H,12,14H2,1-2H3. The van der Waals surface area contributed by atoms with E-state index in [4.69, 9.17) is 9.72 Å². The molecular weight excluding hydrogens is 412 g/mol. The molecule has 7 heteroatoms. The molecule has 5 aromatic rings. The number of nitrogens with zero attached hydrogens (tertiary/aromatic N) is 4. The van der Waals surface area contributed by atoms with Crippen molar-refractivity contribution in [3.63, 3.8) is 0 Å². The zero-order valence-electron chi connectivity index (χ0n) is 16.7. The molecule has 0 radical (unpaired) electrons. The summed E-state index contributed by atoms with van der Waals surface area (Å²) in [6, 6.07) is 18.5. The summed E-state index contributed by atoms with van der Waals surface area (Å²) in [5, 5.41) is 13.9. The maximum atomic E-state index is 5.84. The van der Waals surface area contributed by atoms with Gasteiger partial charge >= 0.3 is 0 Å². The SMILES string of the molecule is Cc1ccc(OCc2nc(CSc3nnc4cc(C)c5ccccc5n34)cs2)cc1. The molecule has 0 N–H and O–H groups in total. The van der Waals surface area contributed by atoms with Gasteiger partial charge in [-0.15, -0.1) is 21.5 Å². The molecule has 5 nitrogen and oxygen atoms in total. The van der Waals surface area contributed by atoms with Crippen molar-refractivity contribution >= 4 is 39.6 Å². The van der Waals surface area contributed by atoms with E-state index in [1.54, 1.807) is 23.1 Å². The number of hydrogen-bond donors (Lipinski definition) is 0. The Hall–Kier alpha value is -2.90. The second kappa shape index (κ2) is 8.08. The summed E-state index contributed by atoms with van der Waals surface area (Å²) in [6.45, 7) is 4.66. The van der Waals surface area contributed by atoms with Crippen LogP contribution in [0.2, 0.25) is 0 Å². The van der Waals surface area contributed by atoms with Crippen LogP contribution in [0.1, 0.15) is 21.8 Å². The lowest BCUT2D eigenvalue weighted by Gasteiger charge is -2.06. The summed E-state index contributed by atoms with van der Waals surface area (Å²) in [5.74, 6) is 1.60. The summed E-state index contributed by atoms with van der Waals surface area (Å²) in [5.41, 5.74) is 5.46. The average molecular weight is 433 g/mol. The topological polar surface area (TPSA) is 52.3 Å². The predicted molar refractivity (Wildman–Crippen MR) is 122 cm³/mol. The first-order valence-corrected chi connectivity index (χ1v) is 11.5. The Balaban J connectivity index is 1.30. The molecule has 0 amide bonds. The maximum absolute atomic E-state index is 5.84. The summed E-state index contributed by atoms with van der Waals surface area (Å²) < 4.78 is 7.97. The fourth-order valence-electron chi connectivity index (χ4n) is 3.37. The summed E-state index contributed by atoms with van der Waals surface area (Å²) in [7, 11) is 0. The van der Waals surface area contributed by atoms with Crippen molar-refractivity contribution in [1.82, 2.24) is 19.6 Å². The van der Waals surface area contributed by atoms with Crippen molar-refractivity contribution in [2.45, 2.75) is 31.4 Å². The van der Waals surface area contributed by atoms with Crippen LogP contribution in [0.15, 0.2) is 65.1 Å². The lowest BCUT2D eigenvalue weighted by molar-refractivity contribution is 0.305. The molecule has 150 valence electrons. The van der Waals surface area contributed by atoms with Gasteiger partial charge in [0, 0.05) is 16.5 Å². The molecule has 0 saturated carbocycles. The van der Waals surface area contributed by atoms with Gasteiger partial charge in [0.2, 0.25) is 0 Å². The molecule has 0 spiro atoms. The van der Waals surface area contributed by atoms with Crippen LogP contribution in [0.25, 0.3) is 16.6 Å². The highest BCUT2D eigenvalue weighted by atomic mass is 32.2. The highest BCUT2D eigenvalue weighted by Crippen LogP contribution is 2.28. The molecule has 0 unspecified atom stereocenters. The Morgan fingerprint density at radius 3 is 2.73 bits per heavy atom. The molecule has 0 aliphatic carbocycles. The lowest BCUT2D eigenvalue weighted by atomic mass is 10.1. The van der Waals surface area contributed by atoms with E-state index < -0.39 is 0 Å². The number of ether oxygens (including phenoxy) is 1. The number of benzene rings is 2.